The number of rotatable bonds is 3. The largest absolute Gasteiger partial charge is 0.304 e. The van der Waals surface area contributed by atoms with E-state index in [4.69, 9.17) is 16.6 Å². The van der Waals surface area contributed by atoms with Gasteiger partial charge in [0.1, 0.15) is 11.0 Å². The fourth-order valence-electron chi connectivity index (χ4n) is 2.58. The second kappa shape index (κ2) is 7.16. The Labute approximate surface area is 134 Å². The van der Waals surface area contributed by atoms with Crippen LogP contribution >= 0.6 is 27.5 Å². The van der Waals surface area contributed by atoms with Gasteiger partial charge in [-0.15, -0.1) is 0 Å². The highest BCUT2D eigenvalue weighted by Gasteiger charge is 2.26. The van der Waals surface area contributed by atoms with E-state index in [1.165, 1.54) is 6.42 Å². The Bertz CT molecular complexity index is 469. The average Bonchev–Trinajstić information content (AvgIpc) is 2.57. The van der Waals surface area contributed by atoms with Crippen LogP contribution in [0.15, 0.2) is 4.47 Å². The molecule has 0 bridgehead atoms. The van der Waals surface area contributed by atoms with Crippen LogP contribution in [0.2, 0.25) is 5.15 Å². The summed E-state index contributed by atoms with van der Waals surface area (Å²) >= 11 is 9.77. The van der Waals surface area contributed by atoms with Crippen LogP contribution in [-0.4, -0.2) is 53.5 Å². The summed E-state index contributed by atoms with van der Waals surface area (Å²) < 4.78 is 0.842. The fourth-order valence-corrected chi connectivity index (χ4v) is 3.15. The van der Waals surface area contributed by atoms with Gasteiger partial charge in [-0.1, -0.05) is 24.9 Å². The predicted molar refractivity (Wildman–Crippen MR) is 86.2 cm³/mol. The monoisotopic (exact) mass is 360 g/mol. The molecule has 1 aliphatic heterocycles. The van der Waals surface area contributed by atoms with Gasteiger partial charge in [-0.05, 0) is 56.0 Å². The van der Waals surface area contributed by atoms with Gasteiger partial charge in [0, 0.05) is 6.54 Å². The summed E-state index contributed by atoms with van der Waals surface area (Å²) in [4.78, 5) is 13.9. The molecule has 0 radical (unpaired) electrons. The van der Waals surface area contributed by atoms with Gasteiger partial charge in [0.2, 0.25) is 0 Å². The Kier molecular flexibility index (Phi) is 5.78. The molecule has 20 heavy (non-hydrogen) atoms. The van der Waals surface area contributed by atoms with Crippen molar-refractivity contribution in [1.29, 1.82) is 0 Å². The number of aromatic nitrogens is 2. The van der Waals surface area contributed by atoms with Crippen molar-refractivity contribution in [1.82, 2.24) is 19.8 Å². The first-order chi connectivity index (χ1) is 9.52. The SMILES string of the molecule is CCCc1nc(C2CN(C)CCCN2C)nc(Cl)c1Br. The predicted octanol–water partition coefficient (Wildman–Crippen LogP) is 3.15. The van der Waals surface area contributed by atoms with Crippen molar-refractivity contribution >= 4 is 27.5 Å². The Balaban J connectivity index is 2.34. The van der Waals surface area contributed by atoms with Crippen molar-refractivity contribution in [3.8, 4) is 0 Å². The maximum atomic E-state index is 6.27. The molecule has 2 heterocycles. The first kappa shape index (κ1) is 16.1. The molecule has 0 saturated carbocycles. The minimum absolute atomic E-state index is 0.212. The molecule has 1 aliphatic rings. The Morgan fingerprint density at radius 3 is 2.75 bits per heavy atom. The molecule has 1 aromatic heterocycles. The first-order valence-corrected chi connectivity index (χ1v) is 8.30. The van der Waals surface area contributed by atoms with E-state index in [2.05, 4.69) is 51.7 Å². The van der Waals surface area contributed by atoms with E-state index >= 15 is 0 Å². The quantitative estimate of drug-likeness (QED) is 0.774. The lowest BCUT2D eigenvalue weighted by Gasteiger charge is -2.26. The molecule has 0 aliphatic carbocycles. The summed E-state index contributed by atoms with van der Waals surface area (Å²) in [5.74, 6) is 0.845. The third kappa shape index (κ3) is 3.70. The smallest absolute Gasteiger partial charge is 0.148 e. The summed E-state index contributed by atoms with van der Waals surface area (Å²) in [6, 6.07) is 0.212. The molecule has 1 saturated heterocycles. The minimum Gasteiger partial charge on any atom is -0.304 e. The molecule has 1 atom stereocenters. The van der Waals surface area contributed by atoms with Crippen LogP contribution in [0.25, 0.3) is 0 Å². The molecule has 4 nitrogen and oxygen atoms in total. The average molecular weight is 362 g/mol. The van der Waals surface area contributed by atoms with Gasteiger partial charge in [-0.2, -0.15) is 0 Å². The second-order valence-corrected chi connectivity index (χ2v) is 6.65. The molecule has 2 rings (SSSR count). The maximum Gasteiger partial charge on any atom is 0.148 e. The standard InChI is InChI=1S/C14H22BrClN4/c1-4-6-10-12(15)13(16)18-14(17-10)11-9-19(2)7-5-8-20(11)3/h11H,4-9H2,1-3H3. The van der Waals surface area contributed by atoms with Crippen molar-refractivity contribution < 1.29 is 0 Å². The van der Waals surface area contributed by atoms with Crippen molar-refractivity contribution in [3.05, 3.63) is 21.1 Å². The lowest BCUT2D eigenvalue weighted by molar-refractivity contribution is 0.219. The molecule has 1 aromatic rings. The molecule has 0 spiro atoms. The lowest BCUT2D eigenvalue weighted by Crippen LogP contribution is -2.32. The van der Waals surface area contributed by atoms with E-state index in [0.29, 0.717) is 5.15 Å². The van der Waals surface area contributed by atoms with Crippen LogP contribution in [0, 0.1) is 0 Å². The Morgan fingerprint density at radius 1 is 1.30 bits per heavy atom. The van der Waals surface area contributed by atoms with Gasteiger partial charge < -0.3 is 4.90 Å². The topological polar surface area (TPSA) is 32.3 Å². The molecular formula is C14H22BrClN4. The number of likely N-dealkylation sites (N-methyl/N-ethyl adjacent to an activating group) is 2. The van der Waals surface area contributed by atoms with Crippen molar-refractivity contribution in [2.24, 2.45) is 0 Å². The van der Waals surface area contributed by atoms with E-state index in [-0.39, 0.29) is 6.04 Å². The molecule has 1 unspecified atom stereocenters. The molecule has 0 N–H and O–H groups in total. The normalized spacial score (nSPS) is 21.9. The number of nitrogens with zero attached hydrogens (tertiary/aromatic N) is 4. The van der Waals surface area contributed by atoms with Gasteiger partial charge in [-0.3, -0.25) is 4.90 Å². The van der Waals surface area contributed by atoms with Gasteiger partial charge in [0.15, 0.2) is 0 Å². The zero-order valence-electron chi connectivity index (χ0n) is 12.4. The van der Waals surface area contributed by atoms with E-state index < -0.39 is 0 Å². The van der Waals surface area contributed by atoms with Crippen LogP contribution < -0.4 is 0 Å². The van der Waals surface area contributed by atoms with Crippen molar-refractivity contribution in [2.75, 3.05) is 33.7 Å². The van der Waals surface area contributed by atoms with Crippen LogP contribution in [0.4, 0.5) is 0 Å². The fraction of sp³-hybridized carbons (Fsp3) is 0.714. The summed E-state index contributed by atoms with van der Waals surface area (Å²) in [7, 11) is 4.29. The first-order valence-electron chi connectivity index (χ1n) is 7.13. The Morgan fingerprint density at radius 2 is 2.05 bits per heavy atom. The zero-order valence-corrected chi connectivity index (χ0v) is 14.7. The molecular weight excluding hydrogens is 340 g/mol. The number of hydrogen-bond acceptors (Lipinski definition) is 4. The van der Waals surface area contributed by atoms with Gasteiger partial charge in [-0.25, -0.2) is 9.97 Å². The number of aryl methyl sites for hydroxylation is 1. The van der Waals surface area contributed by atoms with Crippen molar-refractivity contribution in [2.45, 2.75) is 32.2 Å². The van der Waals surface area contributed by atoms with E-state index in [1.807, 2.05) is 0 Å². The van der Waals surface area contributed by atoms with Gasteiger partial charge >= 0.3 is 0 Å². The molecule has 6 heteroatoms. The summed E-state index contributed by atoms with van der Waals surface area (Å²) in [6.07, 6.45) is 3.14. The van der Waals surface area contributed by atoms with Crippen molar-refractivity contribution in [3.63, 3.8) is 0 Å². The third-order valence-electron chi connectivity index (χ3n) is 3.75. The van der Waals surface area contributed by atoms with Gasteiger partial charge in [0.05, 0.1) is 16.2 Å². The highest BCUT2D eigenvalue weighted by molar-refractivity contribution is 9.10. The summed E-state index contributed by atoms with van der Waals surface area (Å²) in [6.45, 7) is 5.27. The highest BCUT2D eigenvalue weighted by atomic mass is 79.9. The van der Waals surface area contributed by atoms with Crippen LogP contribution in [-0.2, 0) is 6.42 Å². The molecule has 1 fully saturated rings. The lowest BCUT2D eigenvalue weighted by atomic mass is 10.2. The number of halogens is 2. The maximum absolute atomic E-state index is 6.27. The second-order valence-electron chi connectivity index (χ2n) is 5.50. The Hall–Kier alpha value is -0.230. The summed E-state index contributed by atoms with van der Waals surface area (Å²) in [5, 5.41) is 0.527. The van der Waals surface area contributed by atoms with E-state index in [9.17, 15) is 0 Å². The van der Waals surface area contributed by atoms with Gasteiger partial charge in [0.25, 0.3) is 0 Å². The number of hydrogen-bond donors (Lipinski definition) is 0. The molecule has 0 amide bonds. The summed E-state index contributed by atoms with van der Waals surface area (Å²) in [5.41, 5.74) is 1.02. The molecule has 112 valence electrons. The highest BCUT2D eigenvalue weighted by Crippen LogP contribution is 2.28. The molecule has 0 aromatic carbocycles. The zero-order chi connectivity index (χ0) is 14.7. The van der Waals surface area contributed by atoms with E-state index in [1.54, 1.807) is 0 Å². The van der Waals surface area contributed by atoms with Crippen LogP contribution in [0.1, 0.15) is 37.3 Å². The minimum atomic E-state index is 0.212. The third-order valence-corrected chi connectivity index (χ3v) is 5.08. The van der Waals surface area contributed by atoms with Crippen LogP contribution in [0.3, 0.4) is 0 Å². The van der Waals surface area contributed by atoms with E-state index in [0.717, 1.165) is 48.5 Å². The van der Waals surface area contributed by atoms with Crippen LogP contribution in [0.5, 0.6) is 0 Å².